The molecule has 1 rings (SSSR count). The molecule has 0 atom stereocenters. The summed E-state index contributed by atoms with van der Waals surface area (Å²) in [6, 6.07) is 0. The van der Waals surface area contributed by atoms with Gasteiger partial charge < -0.3 is 0 Å². The predicted octanol–water partition coefficient (Wildman–Crippen LogP) is 4.07. The van der Waals surface area contributed by atoms with E-state index in [0.717, 1.165) is 0 Å². The first kappa shape index (κ1) is 13.3. The molecule has 0 radical (unpaired) electrons. The van der Waals surface area contributed by atoms with E-state index in [1.165, 1.54) is 0 Å². The van der Waals surface area contributed by atoms with Crippen molar-refractivity contribution in [3.63, 3.8) is 0 Å². The van der Waals surface area contributed by atoms with Gasteiger partial charge in [0.1, 0.15) is 11.4 Å². The molecule has 1 aromatic rings. The number of hydrogen-bond donors (Lipinski definition) is 0. The van der Waals surface area contributed by atoms with E-state index in [1.54, 1.807) is 0 Å². The maximum atomic E-state index is 13.2. The van der Waals surface area contributed by atoms with E-state index in [4.69, 9.17) is 0 Å². The van der Waals surface area contributed by atoms with Crippen LogP contribution in [0.3, 0.4) is 0 Å². The first-order chi connectivity index (χ1) is 7.29. The topological polar surface area (TPSA) is 12.9 Å². The normalized spacial score (nSPS) is 12.2. The minimum atomic E-state index is -5.05. The Labute approximate surface area is 94.6 Å². The summed E-state index contributed by atoms with van der Waals surface area (Å²) in [4.78, 5) is 3.16. The Balaban J connectivity index is 3.47. The number of alkyl halides is 6. The quantitative estimate of drug-likeness (QED) is 0.593. The molecule has 0 N–H and O–H groups in total. The van der Waals surface area contributed by atoms with Crippen LogP contribution >= 0.6 is 15.9 Å². The molecule has 16 heavy (non-hydrogen) atoms. The predicted molar refractivity (Wildman–Crippen MR) is 46.8 cm³/mol. The molecule has 0 bridgehead atoms. The second-order valence-corrected chi connectivity index (χ2v) is 3.34. The zero-order valence-corrected chi connectivity index (χ0v) is 9.04. The number of nitrogens with zero attached hydrogens (tertiary/aromatic N) is 1. The molecule has 8 heteroatoms. The van der Waals surface area contributed by atoms with E-state index in [0.29, 0.717) is 6.20 Å². The van der Waals surface area contributed by atoms with Crippen molar-refractivity contribution in [1.82, 2.24) is 4.98 Å². The Morgan fingerprint density at radius 1 is 1.31 bits per heavy atom. The molecule has 1 nitrogen and oxygen atoms in total. The lowest BCUT2D eigenvalue weighted by Gasteiger charge is -2.13. The third kappa shape index (κ3) is 2.47. The van der Waals surface area contributed by atoms with Gasteiger partial charge in [-0.2, -0.15) is 13.2 Å². The van der Waals surface area contributed by atoms with Gasteiger partial charge in [-0.25, -0.2) is 13.2 Å². The molecular weight excluding hydrogens is 304 g/mol. The van der Waals surface area contributed by atoms with Crippen molar-refractivity contribution in [2.24, 2.45) is 0 Å². The molecule has 0 amide bonds. The van der Waals surface area contributed by atoms with Gasteiger partial charge in [0.15, 0.2) is 0 Å². The van der Waals surface area contributed by atoms with Crippen molar-refractivity contribution in [2.75, 3.05) is 0 Å². The Morgan fingerprint density at radius 3 is 2.25 bits per heavy atom. The highest BCUT2D eigenvalue weighted by atomic mass is 79.9. The largest absolute Gasteiger partial charge is 0.421 e. The Morgan fingerprint density at radius 2 is 1.88 bits per heavy atom. The molecule has 1 heterocycles. The fourth-order valence-electron chi connectivity index (χ4n) is 1.08. The zero-order chi connectivity index (χ0) is 12.5. The van der Waals surface area contributed by atoms with Gasteiger partial charge in [-0.05, 0) is 0 Å². The van der Waals surface area contributed by atoms with E-state index < -0.39 is 35.2 Å². The first-order valence-corrected chi connectivity index (χ1v) is 4.99. The van der Waals surface area contributed by atoms with Crippen molar-refractivity contribution >= 4 is 15.9 Å². The lowest BCUT2D eigenvalue weighted by Crippen LogP contribution is -2.15. The van der Waals surface area contributed by atoms with E-state index >= 15 is 0 Å². The van der Waals surface area contributed by atoms with Crippen molar-refractivity contribution < 1.29 is 26.3 Å². The van der Waals surface area contributed by atoms with Gasteiger partial charge in [0.25, 0.3) is 6.43 Å². The maximum absolute atomic E-state index is 13.2. The standard InChI is InChI=1S/C8H4BrF6N/c9-1-4-5(8(13,14)15)6(10)3(2-16-4)7(11)12/h2,7H,1H2. The van der Waals surface area contributed by atoms with Gasteiger partial charge in [0.2, 0.25) is 0 Å². The summed E-state index contributed by atoms with van der Waals surface area (Å²) in [6.45, 7) is 0. The second kappa shape index (κ2) is 4.60. The molecule has 0 unspecified atom stereocenters. The van der Waals surface area contributed by atoms with E-state index in [1.807, 2.05) is 0 Å². The Bertz CT molecular complexity index is 389. The smallest absolute Gasteiger partial charge is 0.259 e. The molecule has 0 aromatic carbocycles. The number of hydrogen-bond acceptors (Lipinski definition) is 1. The minimum absolute atomic E-state index is 0.373. The molecule has 0 aliphatic heterocycles. The molecule has 0 aliphatic rings. The summed E-state index contributed by atoms with van der Waals surface area (Å²) >= 11 is 2.68. The summed E-state index contributed by atoms with van der Waals surface area (Å²) in [7, 11) is 0. The van der Waals surface area contributed by atoms with E-state index in [2.05, 4.69) is 20.9 Å². The zero-order valence-electron chi connectivity index (χ0n) is 7.45. The summed E-state index contributed by atoms with van der Waals surface area (Å²) in [5, 5.41) is -0.373. The Hall–Kier alpha value is -0.790. The number of halogens is 7. The molecule has 0 saturated heterocycles. The lowest BCUT2D eigenvalue weighted by atomic mass is 10.1. The average Bonchev–Trinajstić information content (AvgIpc) is 2.14. The summed E-state index contributed by atoms with van der Waals surface area (Å²) in [5.74, 6) is -1.97. The molecular formula is C8H4BrF6N. The van der Waals surface area contributed by atoms with Crippen molar-refractivity contribution in [1.29, 1.82) is 0 Å². The fourth-order valence-corrected chi connectivity index (χ4v) is 1.51. The van der Waals surface area contributed by atoms with Crippen molar-refractivity contribution in [3.8, 4) is 0 Å². The summed E-state index contributed by atoms with van der Waals surface area (Å²) in [5.41, 5.74) is -3.76. The van der Waals surface area contributed by atoms with Gasteiger partial charge in [-0.3, -0.25) is 4.98 Å². The number of aromatic nitrogens is 1. The van der Waals surface area contributed by atoms with Crippen LogP contribution in [0.1, 0.15) is 23.2 Å². The summed E-state index contributed by atoms with van der Waals surface area (Å²) < 4.78 is 74.7. The van der Waals surface area contributed by atoms with E-state index in [9.17, 15) is 26.3 Å². The second-order valence-electron chi connectivity index (χ2n) is 2.78. The van der Waals surface area contributed by atoms with Crippen molar-refractivity contribution in [3.05, 3.63) is 28.8 Å². The van der Waals surface area contributed by atoms with E-state index in [-0.39, 0.29) is 5.33 Å². The van der Waals surface area contributed by atoms with Crippen LogP contribution in [0.5, 0.6) is 0 Å². The molecule has 1 aromatic heterocycles. The molecule has 0 spiro atoms. The Kier molecular flexibility index (Phi) is 3.82. The fraction of sp³-hybridized carbons (Fsp3) is 0.375. The van der Waals surface area contributed by atoms with Crippen LogP contribution in [-0.2, 0) is 11.5 Å². The third-order valence-electron chi connectivity index (χ3n) is 1.77. The molecule has 0 aliphatic carbocycles. The van der Waals surface area contributed by atoms with Gasteiger partial charge in [-0.15, -0.1) is 0 Å². The monoisotopic (exact) mass is 307 g/mol. The molecule has 0 fully saturated rings. The molecule has 90 valence electrons. The van der Waals surface area contributed by atoms with Crippen molar-refractivity contribution in [2.45, 2.75) is 17.9 Å². The maximum Gasteiger partial charge on any atom is 0.421 e. The van der Waals surface area contributed by atoms with Gasteiger partial charge in [0.05, 0.1) is 11.3 Å². The highest BCUT2D eigenvalue weighted by Crippen LogP contribution is 2.37. The van der Waals surface area contributed by atoms with Crippen LogP contribution in [0.25, 0.3) is 0 Å². The minimum Gasteiger partial charge on any atom is -0.259 e. The third-order valence-corrected chi connectivity index (χ3v) is 2.30. The number of pyridine rings is 1. The van der Waals surface area contributed by atoms with Crippen LogP contribution in [0.2, 0.25) is 0 Å². The van der Waals surface area contributed by atoms with Crippen LogP contribution < -0.4 is 0 Å². The van der Waals surface area contributed by atoms with Crippen LogP contribution in [0, 0.1) is 5.82 Å². The van der Waals surface area contributed by atoms with Gasteiger partial charge >= 0.3 is 6.18 Å². The average molecular weight is 308 g/mol. The first-order valence-electron chi connectivity index (χ1n) is 3.87. The molecule has 0 saturated carbocycles. The number of rotatable bonds is 2. The summed E-state index contributed by atoms with van der Waals surface area (Å²) in [6.07, 6.45) is -7.98. The van der Waals surface area contributed by atoms with Gasteiger partial charge in [-0.1, -0.05) is 15.9 Å². The van der Waals surface area contributed by atoms with Gasteiger partial charge in [0, 0.05) is 11.5 Å². The van der Waals surface area contributed by atoms with Crippen LogP contribution in [0.4, 0.5) is 26.3 Å². The lowest BCUT2D eigenvalue weighted by molar-refractivity contribution is -0.141. The SMILES string of the molecule is Fc1c(C(F)F)cnc(CBr)c1C(F)(F)F. The van der Waals surface area contributed by atoms with Crippen LogP contribution in [0.15, 0.2) is 6.20 Å². The van der Waals surface area contributed by atoms with Crippen LogP contribution in [-0.4, -0.2) is 4.98 Å². The highest BCUT2D eigenvalue weighted by molar-refractivity contribution is 9.08. The highest BCUT2D eigenvalue weighted by Gasteiger charge is 2.39.